The molecule has 2 N–H and O–H groups in total. The predicted molar refractivity (Wildman–Crippen MR) is 68.4 cm³/mol. The van der Waals surface area contributed by atoms with Crippen LogP contribution in [0.25, 0.3) is 0 Å². The molecule has 0 aliphatic heterocycles. The summed E-state index contributed by atoms with van der Waals surface area (Å²) in [5.74, 6) is -0.116. The maximum Gasteiger partial charge on any atom is 0.417 e. The predicted octanol–water partition coefficient (Wildman–Crippen LogP) is 2.43. The second-order valence-corrected chi connectivity index (χ2v) is 5.51. The molecule has 0 bridgehead atoms. The molecule has 2 atom stereocenters. The van der Waals surface area contributed by atoms with E-state index in [1.807, 2.05) is 0 Å². The normalized spacial score (nSPS) is 14.9. The Hall–Kier alpha value is -0.830. The number of carbonyl (C=O) groups is 1. The molecule has 0 aliphatic carbocycles. The van der Waals surface area contributed by atoms with Crippen LogP contribution in [0.1, 0.15) is 24.3 Å². The Labute approximate surface area is 122 Å². The molecule has 1 rings (SSSR count). The van der Waals surface area contributed by atoms with E-state index in [0.717, 1.165) is 11.8 Å². The van der Waals surface area contributed by atoms with Gasteiger partial charge in [0.25, 0.3) is 0 Å². The Morgan fingerprint density at radius 2 is 2.10 bits per heavy atom. The molecular formula is C11H11ClF3NO3S. The number of halogens is 4. The van der Waals surface area contributed by atoms with Crippen molar-refractivity contribution in [3.63, 3.8) is 0 Å². The number of carbonyl (C=O) groups excluding carboxylic acids is 1. The fraction of sp³-hybridized carbons (Fsp3) is 0.455. The molecule has 4 nitrogen and oxygen atoms in total. The van der Waals surface area contributed by atoms with Gasteiger partial charge in [-0.15, -0.1) is 0 Å². The van der Waals surface area contributed by atoms with Gasteiger partial charge in [0.15, 0.2) is 5.12 Å². The Bertz CT molecular complexity index is 498. The molecule has 0 aromatic carbocycles. The maximum atomic E-state index is 12.4. The second kappa shape index (κ2) is 6.75. The van der Waals surface area contributed by atoms with E-state index in [9.17, 15) is 28.2 Å². The van der Waals surface area contributed by atoms with Crippen molar-refractivity contribution < 1.29 is 28.2 Å². The second-order valence-electron chi connectivity index (χ2n) is 3.90. The summed E-state index contributed by atoms with van der Waals surface area (Å²) in [5.41, 5.74) is -1.32. The lowest BCUT2D eigenvalue weighted by Crippen LogP contribution is -2.23. The topological polar surface area (TPSA) is 70.4 Å². The van der Waals surface area contributed by atoms with Crippen LogP contribution in [0.15, 0.2) is 12.3 Å². The summed E-state index contributed by atoms with van der Waals surface area (Å²) in [6.45, 7) is 1.28. The van der Waals surface area contributed by atoms with Gasteiger partial charge in [0, 0.05) is 18.9 Å². The zero-order valence-electron chi connectivity index (χ0n) is 10.2. The number of alkyl halides is 3. The first-order valence-corrected chi connectivity index (χ1v) is 6.71. The summed E-state index contributed by atoms with van der Waals surface area (Å²) in [5, 5.41) is 18.7. The van der Waals surface area contributed by atoms with Crippen LogP contribution in [0.5, 0.6) is 0 Å². The molecular weight excluding hydrogens is 319 g/mol. The van der Waals surface area contributed by atoms with Crippen LogP contribution in [0, 0.1) is 0 Å². The number of hydrogen-bond acceptors (Lipinski definition) is 5. The number of thioether (sulfide) groups is 1. The Balaban J connectivity index is 2.88. The lowest BCUT2D eigenvalue weighted by Gasteiger charge is -2.18. The van der Waals surface area contributed by atoms with Gasteiger partial charge >= 0.3 is 6.18 Å². The molecule has 0 fully saturated rings. The number of hydrogen-bond donors (Lipinski definition) is 2. The lowest BCUT2D eigenvalue weighted by molar-refractivity contribution is -0.137. The van der Waals surface area contributed by atoms with Crippen molar-refractivity contribution in [2.45, 2.75) is 25.3 Å². The van der Waals surface area contributed by atoms with Gasteiger partial charge in [-0.1, -0.05) is 23.4 Å². The van der Waals surface area contributed by atoms with Crippen molar-refractivity contribution in [2.75, 3.05) is 5.75 Å². The summed E-state index contributed by atoms with van der Waals surface area (Å²) < 4.78 is 37.3. The van der Waals surface area contributed by atoms with Crippen molar-refractivity contribution in [3.8, 4) is 0 Å². The van der Waals surface area contributed by atoms with Crippen LogP contribution >= 0.6 is 23.4 Å². The molecule has 2 unspecified atom stereocenters. The van der Waals surface area contributed by atoms with Gasteiger partial charge in [-0.3, -0.25) is 9.78 Å². The van der Waals surface area contributed by atoms with E-state index in [-0.39, 0.29) is 16.6 Å². The number of rotatable bonds is 4. The van der Waals surface area contributed by atoms with Crippen molar-refractivity contribution in [1.82, 2.24) is 4.98 Å². The summed E-state index contributed by atoms with van der Waals surface area (Å²) in [6, 6.07) is 0.623. The zero-order chi connectivity index (χ0) is 15.5. The van der Waals surface area contributed by atoms with Crippen LogP contribution in [0.4, 0.5) is 13.2 Å². The molecule has 0 saturated heterocycles. The lowest BCUT2D eigenvalue weighted by atomic mass is 10.1. The van der Waals surface area contributed by atoms with Gasteiger partial charge in [0.2, 0.25) is 0 Å². The average molecular weight is 330 g/mol. The minimum Gasteiger partial charge on any atom is -0.389 e. The minimum atomic E-state index is -4.59. The first kappa shape index (κ1) is 17.2. The molecule has 0 saturated carbocycles. The van der Waals surface area contributed by atoms with E-state index < -0.39 is 29.0 Å². The quantitative estimate of drug-likeness (QED) is 0.888. The number of nitrogens with zero attached hydrogens (tertiary/aromatic N) is 1. The third-order valence-corrected chi connectivity index (χ3v) is 3.52. The van der Waals surface area contributed by atoms with Crippen LogP contribution in [0.3, 0.4) is 0 Å². The molecule has 1 heterocycles. The first-order valence-electron chi connectivity index (χ1n) is 5.35. The van der Waals surface area contributed by atoms with Gasteiger partial charge in [-0.05, 0) is 6.07 Å². The highest BCUT2D eigenvalue weighted by molar-refractivity contribution is 8.13. The van der Waals surface area contributed by atoms with E-state index in [4.69, 9.17) is 11.6 Å². The highest BCUT2D eigenvalue weighted by Crippen LogP contribution is 2.33. The SMILES string of the molecule is CC(=O)SCC(O)C(O)c1ncc(C(F)(F)F)cc1Cl. The minimum absolute atomic E-state index is 0.116. The van der Waals surface area contributed by atoms with E-state index in [1.165, 1.54) is 6.92 Å². The van der Waals surface area contributed by atoms with Crippen LogP contribution in [-0.2, 0) is 11.0 Å². The molecule has 1 aromatic rings. The Kier molecular flexibility index (Phi) is 5.81. The summed E-state index contributed by atoms with van der Waals surface area (Å²) >= 11 is 6.41. The highest BCUT2D eigenvalue weighted by Gasteiger charge is 2.32. The van der Waals surface area contributed by atoms with Crippen LogP contribution in [-0.4, -0.2) is 32.2 Å². The number of pyridine rings is 1. The van der Waals surface area contributed by atoms with Gasteiger partial charge in [0.1, 0.15) is 6.10 Å². The van der Waals surface area contributed by atoms with Crippen molar-refractivity contribution in [3.05, 3.63) is 28.5 Å². The van der Waals surface area contributed by atoms with E-state index in [0.29, 0.717) is 12.3 Å². The molecule has 0 aliphatic rings. The zero-order valence-corrected chi connectivity index (χ0v) is 11.8. The monoisotopic (exact) mass is 329 g/mol. The molecule has 0 spiro atoms. The largest absolute Gasteiger partial charge is 0.417 e. The number of aromatic nitrogens is 1. The molecule has 0 radical (unpaired) electrons. The average Bonchev–Trinajstić information content (AvgIpc) is 2.33. The molecule has 1 aromatic heterocycles. The summed E-state index contributed by atoms with van der Waals surface area (Å²) in [7, 11) is 0. The highest BCUT2D eigenvalue weighted by atomic mass is 35.5. The van der Waals surface area contributed by atoms with Crippen LogP contribution in [0.2, 0.25) is 5.02 Å². The maximum absolute atomic E-state index is 12.4. The number of aliphatic hydroxyl groups is 2. The molecule has 9 heteroatoms. The Morgan fingerprint density at radius 3 is 2.55 bits per heavy atom. The third-order valence-electron chi connectivity index (χ3n) is 2.30. The van der Waals surface area contributed by atoms with E-state index in [2.05, 4.69) is 4.98 Å². The van der Waals surface area contributed by atoms with Crippen molar-refractivity contribution >= 4 is 28.5 Å². The summed E-state index contributed by atoms with van der Waals surface area (Å²) in [4.78, 5) is 14.2. The molecule has 112 valence electrons. The fourth-order valence-corrected chi connectivity index (χ4v) is 2.16. The van der Waals surface area contributed by atoms with Crippen molar-refractivity contribution in [2.24, 2.45) is 0 Å². The number of aliphatic hydroxyl groups excluding tert-OH is 2. The molecule has 0 amide bonds. The fourth-order valence-electron chi connectivity index (χ4n) is 1.30. The smallest absolute Gasteiger partial charge is 0.389 e. The van der Waals surface area contributed by atoms with Gasteiger partial charge in [-0.25, -0.2) is 0 Å². The molecule has 20 heavy (non-hydrogen) atoms. The standard InChI is InChI=1S/C11H11ClF3NO3S/c1-5(17)20-4-8(18)10(19)9-7(12)2-6(3-16-9)11(13,14)15/h2-3,8,10,18-19H,4H2,1H3. The summed E-state index contributed by atoms with van der Waals surface area (Å²) in [6.07, 6.45) is -7.01. The van der Waals surface area contributed by atoms with Crippen LogP contribution < -0.4 is 0 Å². The van der Waals surface area contributed by atoms with E-state index in [1.54, 1.807) is 0 Å². The van der Waals surface area contributed by atoms with Gasteiger partial charge in [0.05, 0.1) is 22.4 Å². The Morgan fingerprint density at radius 1 is 1.50 bits per heavy atom. The van der Waals surface area contributed by atoms with Gasteiger partial charge < -0.3 is 10.2 Å². The third kappa shape index (κ3) is 4.62. The van der Waals surface area contributed by atoms with E-state index >= 15 is 0 Å². The van der Waals surface area contributed by atoms with Gasteiger partial charge in [-0.2, -0.15) is 13.2 Å². The first-order chi connectivity index (χ1) is 9.12. The van der Waals surface area contributed by atoms with Crippen molar-refractivity contribution in [1.29, 1.82) is 0 Å².